The van der Waals surface area contributed by atoms with Gasteiger partial charge in [-0.2, -0.15) is 0 Å². The topological polar surface area (TPSA) is 49.2 Å². The Bertz CT molecular complexity index is 440. The molecule has 1 aliphatic rings. The Morgan fingerprint density at radius 3 is 2.57 bits per heavy atom. The number of quaternary nitrogens is 1. The lowest BCUT2D eigenvalue weighted by molar-refractivity contribution is -0.910. The van der Waals surface area contributed by atoms with Crippen molar-refractivity contribution in [1.29, 1.82) is 0 Å². The molecule has 0 aliphatic carbocycles. The molecule has 0 spiro atoms. The van der Waals surface area contributed by atoms with E-state index < -0.39 is 0 Å². The molecule has 116 valence electrons. The molecule has 0 saturated carbocycles. The molecule has 0 aromatic heterocycles. The maximum atomic E-state index is 12.1. The van der Waals surface area contributed by atoms with Gasteiger partial charge in [-0.15, -0.1) is 0 Å². The van der Waals surface area contributed by atoms with Crippen molar-refractivity contribution in [2.75, 3.05) is 39.5 Å². The van der Waals surface area contributed by atoms with Crippen LogP contribution in [0.25, 0.3) is 0 Å². The summed E-state index contributed by atoms with van der Waals surface area (Å²) in [6, 6.07) is 7.05. The summed E-state index contributed by atoms with van der Waals surface area (Å²) in [4.78, 5) is 13.5. The lowest BCUT2D eigenvalue weighted by Gasteiger charge is -2.26. The van der Waals surface area contributed by atoms with Gasteiger partial charge in [0.1, 0.15) is 31.5 Å². The fourth-order valence-electron chi connectivity index (χ4n) is 2.42. The highest BCUT2D eigenvalue weighted by Crippen LogP contribution is 2.13. The molecule has 0 radical (unpaired) electrons. The van der Waals surface area contributed by atoms with Crippen molar-refractivity contribution in [3.63, 3.8) is 0 Å². The Morgan fingerprint density at radius 2 is 1.95 bits per heavy atom. The Morgan fingerprint density at radius 1 is 1.29 bits per heavy atom. The van der Waals surface area contributed by atoms with Gasteiger partial charge < -0.3 is 19.1 Å². The van der Waals surface area contributed by atoms with Gasteiger partial charge in [-0.1, -0.05) is 0 Å². The molecule has 1 saturated heterocycles. The van der Waals surface area contributed by atoms with Crippen LogP contribution in [0.1, 0.15) is 24.2 Å². The molecule has 1 aromatic rings. The molecule has 5 heteroatoms. The van der Waals surface area contributed by atoms with Crippen molar-refractivity contribution >= 4 is 5.97 Å². The molecule has 0 bridgehead atoms. The van der Waals surface area contributed by atoms with E-state index in [-0.39, 0.29) is 12.1 Å². The standard InChI is InChI=1S/C16H23NO4/c1-3-20-15-6-4-14(5-7-15)16(18)21-13(2)12-17-8-10-19-11-9-17/h4-7,13H,3,8-12H2,1-2H3/p+1/t13-/m0/s1. The molecular formula is C16H24NO4+. The van der Waals surface area contributed by atoms with Crippen LogP contribution >= 0.6 is 0 Å². The lowest BCUT2D eigenvalue weighted by Crippen LogP contribution is -3.15. The number of nitrogens with one attached hydrogen (secondary N) is 1. The monoisotopic (exact) mass is 294 g/mol. The molecule has 1 atom stereocenters. The summed E-state index contributed by atoms with van der Waals surface area (Å²) in [6.07, 6.45) is -0.0998. The predicted molar refractivity (Wildman–Crippen MR) is 78.9 cm³/mol. The highest BCUT2D eigenvalue weighted by Gasteiger charge is 2.20. The Labute approximate surface area is 125 Å². The van der Waals surface area contributed by atoms with Gasteiger partial charge in [-0.05, 0) is 38.1 Å². The predicted octanol–water partition coefficient (Wildman–Crippen LogP) is 0.546. The van der Waals surface area contributed by atoms with Crippen LogP contribution in [0.5, 0.6) is 5.75 Å². The van der Waals surface area contributed by atoms with Crippen molar-refractivity contribution in [2.24, 2.45) is 0 Å². The number of carbonyl (C=O) groups excluding carboxylic acids is 1. The zero-order chi connectivity index (χ0) is 15.1. The molecule has 1 aromatic carbocycles. The average molecular weight is 294 g/mol. The van der Waals surface area contributed by atoms with Crippen LogP contribution in [0, 0.1) is 0 Å². The van der Waals surface area contributed by atoms with Crippen LogP contribution in [0.2, 0.25) is 0 Å². The molecular weight excluding hydrogens is 270 g/mol. The quantitative estimate of drug-likeness (QED) is 0.778. The molecule has 21 heavy (non-hydrogen) atoms. The van der Waals surface area contributed by atoms with Crippen molar-refractivity contribution in [3.8, 4) is 5.75 Å². The third kappa shape index (κ3) is 5.02. The van der Waals surface area contributed by atoms with Gasteiger partial charge in [0.05, 0.1) is 25.4 Å². The van der Waals surface area contributed by atoms with E-state index in [2.05, 4.69) is 0 Å². The minimum absolute atomic E-state index is 0.0998. The Kier molecular flexibility index (Phi) is 6.02. The van der Waals surface area contributed by atoms with Gasteiger partial charge in [0.2, 0.25) is 0 Å². The minimum Gasteiger partial charge on any atom is -0.494 e. The van der Waals surface area contributed by atoms with Crippen molar-refractivity contribution in [1.82, 2.24) is 0 Å². The second kappa shape index (κ2) is 8.00. The zero-order valence-corrected chi connectivity index (χ0v) is 12.8. The fourth-order valence-corrected chi connectivity index (χ4v) is 2.42. The summed E-state index contributed by atoms with van der Waals surface area (Å²) in [6.45, 7) is 8.84. The molecule has 1 fully saturated rings. The summed E-state index contributed by atoms with van der Waals surface area (Å²) in [5.41, 5.74) is 0.558. The van der Waals surface area contributed by atoms with Crippen LogP contribution in [0.4, 0.5) is 0 Å². The minimum atomic E-state index is -0.279. The number of benzene rings is 1. The van der Waals surface area contributed by atoms with Gasteiger partial charge in [0.25, 0.3) is 0 Å². The highest BCUT2D eigenvalue weighted by atomic mass is 16.5. The second-order valence-electron chi connectivity index (χ2n) is 5.24. The maximum absolute atomic E-state index is 12.1. The summed E-state index contributed by atoms with van der Waals surface area (Å²) < 4.78 is 16.2. The van der Waals surface area contributed by atoms with Crippen molar-refractivity contribution in [3.05, 3.63) is 29.8 Å². The molecule has 1 heterocycles. The second-order valence-corrected chi connectivity index (χ2v) is 5.24. The largest absolute Gasteiger partial charge is 0.494 e. The average Bonchev–Trinajstić information content (AvgIpc) is 2.49. The first-order chi connectivity index (χ1) is 10.2. The first-order valence-corrected chi connectivity index (χ1v) is 7.54. The van der Waals surface area contributed by atoms with Crippen LogP contribution in [0.3, 0.4) is 0 Å². The molecule has 0 amide bonds. The van der Waals surface area contributed by atoms with Gasteiger partial charge in [-0.25, -0.2) is 4.79 Å². The number of rotatable bonds is 6. The van der Waals surface area contributed by atoms with Crippen molar-refractivity contribution < 1.29 is 23.9 Å². The summed E-state index contributed by atoms with van der Waals surface area (Å²) in [7, 11) is 0. The summed E-state index contributed by atoms with van der Waals surface area (Å²) in [5, 5.41) is 0. The van der Waals surface area contributed by atoms with E-state index in [1.54, 1.807) is 24.3 Å². The van der Waals surface area contributed by atoms with Crippen LogP contribution in [0.15, 0.2) is 24.3 Å². The van der Waals surface area contributed by atoms with Gasteiger partial charge >= 0.3 is 5.97 Å². The Hall–Kier alpha value is -1.59. The van der Waals surface area contributed by atoms with Crippen molar-refractivity contribution in [2.45, 2.75) is 20.0 Å². The first kappa shape index (κ1) is 15.8. The van der Waals surface area contributed by atoms with E-state index >= 15 is 0 Å². The zero-order valence-electron chi connectivity index (χ0n) is 12.8. The van der Waals surface area contributed by atoms with E-state index in [0.717, 1.165) is 38.6 Å². The number of esters is 1. The third-order valence-electron chi connectivity index (χ3n) is 3.49. The molecule has 5 nitrogen and oxygen atoms in total. The number of carbonyl (C=O) groups is 1. The van der Waals surface area contributed by atoms with Gasteiger partial charge in [0.15, 0.2) is 0 Å². The van der Waals surface area contributed by atoms with Gasteiger partial charge in [-0.3, -0.25) is 0 Å². The van der Waals surface area contributed by atoms with Crippen LogP contribution in [-0.2, 0) is 9.47 Å². The van der Waals surface area contributed by atoms with E-state index in [0.29, 0.717) is 12.2 Å². The summed E-state index contributed by atoms with van der Waals surface area (Å²) in [5.74, 6) is 0.484. The molecule has 1 N–H and O–H groups in total. The SMILES string of the molecule is CCOc1ccc(C(=O)O[C@@H](C)C[NH+]2CCOCC2)cc1. The van der Waals surface area contributed by atoms with E-state index in [1.165, 1.54) is 4.90 Å². The van der Waals surface area contributed by atoms with Gasteiger partial charge in [0, 0.05) is 0 Å². The molecule has 1 aliphatic heterocycles. The molecule has 0 unspecified atom stereocenters. The fraction of sp³-hybridized carbons (Fsp3) is 0.562. The maximum Gasteiger partial charge on any atom is 0.338 e. The summed E-state index contributed by atoms with van der Waals surface area (Å²) >= 11 is 0. The number of hydrogen-bond donors (Lipinski definition) is 1. The highest BCUT2D eigenvalue weighted by molar-refractivity contribution is 5.89. The smallest absolute Gasteiger partial charge is 0.338 e. The molecule has 2 rings (SSSR count). The lowest BCUT2D eigenvalue weighted by atomic mass is 10.2. The van der Waals surface area contributed by atoms with Crippen LogP contribution < -0.4 is 9.64 Å². The normalized spacial score (nSPS) is 17.2. The number of morpholine rings is 1. The Balaban J connectivity index is 1.82. The van der Waals surface area contributed by atoms with E-state index in [4.69, 9.17) is 14.2 Å². The third-order valence-corrected chi connectivity index (χ3v) is 3.49. The van der Waals surface area contributed by atoms with E-state index in [1.807, 2.05) is 13.8 Å². The first-order valence-electron chi connectivity index (χ1n) is 7.54. The number of ether oxygens (including phenoxy) is 3. The number of hydrogen-bond acceptors (Lipinski definition) is 4. The van der Waals surface area contributed by atoms with E-state index in [9.17, 15) is 4.79 Å². The van der Waals surface area contributed by atoms with Crippen LogP contribution in [-0.4, -0.2) is 51.5 Å².